The van der Waals surface area contributed by atoms with Crippen molar-refractivity contribution in [3.8, 4) is 0 Å². The fourth-order valence-corrected chi connectivity index (χ4v) is 2.73. The van der Waals surface area contributed by atoms with Crippen LogP contribution in [0.25, 0.3) is 0 Å². The Labute approximate surface area is 122 Å². The van der Waals surface area contributed by atoms with E-state index in [1.165, 1.54) is 11.1 Å². The lowest BCUT2D eigenvalue weighted by Gasteiger charge is -2.27. The molecular formula is C15H20BrNO2. The summed E-state index contributed by atoms with van der Waals surface area (Å²) in [6.07, 6.45) is 2.52. The molecule has 1 aliphatic carbocycles. The Morgan fingerprint density at radius 2 is 2.11 bits per heavy atom. The molecule has 1 amide bonds. The molecule has 4 heteroatoms. The van der Waals surface area contributed by atoms with Gasteiger partial charge in [-0.2, -0.15) is 0 Å². The lowest BCUT2D eigenvalue weighted by molar-refractivity contribution is 0.0500. The molecule has 0 aromatic heterocycles. The Morgan fingerprint density at radius 1 is 1.37 bits per heavy atom. The summed E-state index contributed by atoms with van der Waals surface area (Å²) >= 11 is 3.49. The van der Waals surface area contributed by atoms with Gasteiger partial charge in [0.05, 0.1) is 0 Å². The average molecular weight is 326 g/mol. The third kappa shape index (κ3) is 4.23. The Morgan fingerprint density at radius 3 is 2.79 bits per heavy atom. The number of rotatable bonds is 1. The van der Waals surface area contributed by atoms with Gasteiger partial charge in [0.25, 0.3) is 0 Å². The molecule has 1 N–H and O–H groups in total. The minimum absolute atomic E-state index is 0.164. The molecule has 0 radical (unpaired) electrons. The van der Waals surface area contributed by atoms with E-state index in [0.29, 0.717) is 0 Å². The van der Waals surface area contributed by atoms with Gasteiger partial charge in [0.1, 0.15) is 5.60 Å². The van der Waals surface area contributed by atoms with E-state index < -0.39 is 5.60 Å². The quantitative estimate of drug-likeness (QED) is 0.852. The van der Waals surface area contributed by atoms with Gasteiger partial charge in [0, 0.05) is 10.5 Å². The van der Waals surface area contributed by atoms with Gasteiger partial charge in [0.2, 0.25) is 0 Å². The lowest BCUT2D eigenvalue weighted by Crippen LogP contribution is -2.41. The normalized spacial score (nSPS) is 18.6. The molecular weight excluding hydrogens is 306 g/mol. The van der Waals surface area contributed by atoms with E-state index in [4.69, 9.17) is 4.74 Å². The Balaban J connectivity index is 1.96. The number of nitrogens with one attached hydrogen (secondary N) is 1. The first-order valence-electron chi connectivity index (χ1n) is 6.60. The highest BCUT2D eigenvalue weighted by atomic mass is 79.9. The third-order valence-electron chi connectivity index (χ3n) is 3.12. The molecule has 3 nitrogen and oxygen atoms in total. The number of fused-ring (bicyclic) bond motifs is 1. The van der Waals surface area contributed by atoms with Crippen molar-refractivity contribution in [3.05, 3.63) is 33.8 Å². The van der Waals surface area contributed by atoms with Crippen molar-refractivity contribution in [1.82, 2.24) is 5.32 Å². The molecule has 2 rings (SSSR count). The van der Waals surface area contributed by atoms with E-state index in [-0.39, 0.29) is 12.1 Å². The van der Waals surface area contributed by atoms with Crippen molar-refractivity contribution < 1.29 is 9.53 Å². The molecule has 0 bridgehead atoms. The molecule has 1 atom stereocenters. The van der Waals surface area contributed by atoms with Crippen LogP contribution < -0.4 is 5.32 Å². The second-order valence-electron chi connectivity index (χ2n) is 6.00. The van der Waals surface area contributed by atoms with Crippen LogP contribution in [0.2, 0.25) is 0 Å². The Kier molecular flexibility index (Phi) is 4.19. The number of carbonyl (C=O) groups is 1. The summed E-state index contributed by atoms with van der Waals surface area (Å²) in [6, 6.07) is 6.53. The van der Waals surface area contributed by atoms with Crippen LogP contribution in [0.5, 0.6) is 0 Å². The fourth-order valence-electron chi connectivity index (χ4n) is 2.32. The van der Waals surface area contributed by atoms with Crippen LogP contribution >= 0.6 is 15.9 Å². The summed E-state index contributed by atoms with van der Waals surface area (Å²) in [5.41, 5.74) is 2.24. The van der Waals surface area contributed by atoms with Crippen LogP contribution in [0.3, 0.4) is 0 Å². The van der Waals surface area contributed by atoms with Crippen molar-refractivity contribution in [2.45, 2.75) is 51.7 Å². The number of ether oxygens (including phenoxy) is 1. The van der Waals surface area contributed by atoms with Crippen LogP contribution in [0.4, 0.5) is 4.79 Å². The maximum atomic E-state index is 11.8. The molecule has 1 aromatic carbocycles. The summed E-state index contributed by atoms with van der Waals surface area (Å²) in [5, 5.41) is 2.96. The molecule has 0 fully saturated rings. The van der Waals surface area contributed by atoms with Gasteiger partial charge >= 0.3 is 6.09 Å². The number of hydrogen-bond donors (Lipinski definition) is 1. The van der Waals surface area contributed by atoms with Crippen molar-refractivity contribution in [3.63, 3.8) is 0 Å². The monoisotopic (exact) mass is 325 g/mol. The van der Waals surface area contributed by atoms with Gasteiger partial charge in [-0.25, -0.2) is 4.79 Å². The van der Waals surface area contributed by atoms with Crippen LogP contribution in [-0.2, 0) is 17.6 Å². The van der Waals surface area contributed by atoms with Gasteiger partial charge in [-0.05, 0) is 63.3 Å². The Hall–Kier alpha value is -1.03. The van der Waals surface area contributed by atoms with E-state index in [1.807, 2.05) is 20.8 Å². The average Bonchev–Trinajstić information content (AvgIpc) is 2.25. The number of benzene rings is 1. The summed E-state index contributed by atoms with van der Waals surface area (Å²) in [7, 11) is 0. The Bertz CT molecular complexity index is 480. The van der Waals surface area contributed by atoms with Crippen molar-refractivity contribution in [1.29, 1.82) is 0 Å². The first-order valence-corrected chi connectivity index (χ1v) is 7.39. The van der Waals surface area contributed by atoms with Crippen molar-refractivity contribution in [2.75, 3.05) is 0 Å². The zero-order valence-corrected chi connectivity index (χ0v) is 13.2. The molecule has 1 aliphatic rings. The predicted molar refractivity (Wildman–Crippen MR) is 79.3 cm³/mol. The molecule has 104 valence electrons. The highest BCUT2D eigenvalue weighted by molar-refractivity contribution is 9.10. The first kappa shape index (κ1) is 14.4. The molecule has 0 unspecified atom stereocenters. The van der Waals surface area contributed by atoms with E-state index in [9.17, 15) is 4.79 Å². The summed E-state index contributed by atoms with van der Waals surface area (Å²) in [4.78, 5) is 11.8. The van der Waals surface area contributed by atoms with E-state index in [1.54, 1.807) is 0 Å². The topological polar surface area (TPSA) is 38.3 Å². The number of hydrogen-bond acceptors (Lipinski definition) is 2. The van der Waals surface area contributed by atoms with Crippen LogP contribution in [0.1, 0.15) is 38.3 Å². The first-order chi connectivity index (χ1) is 8.83. The smallest absolute Gasteiger partial charge is 0.407 e. The standard InChI is InChI=1S/C15H20BrNO2/c1-15(2,3)19-14(18)17-13-7-5-10-4-6-12(16)8-11(10)9-13/h4,6,8,13H,5,7,9H2,1-3H3,(H,17,18)/t13-/m1/s1. The molecule has 0 saturated carbocycles. The fraction of sp³-hybridized carbons (Fsp3) is 0.533. The lowest BCUT2D eigenvalue weighted by atomic mass is 9.88. The number of amides is 1. The van der Waals surface area contributed by atoms with Gasteiger partial charge in [-0.3, -0.25) is 0 Å². The van der Waals surface area contributed by atoms with Gasteiger partial charge in [0.15, 0.2) is 0 Å². The van der Waals surface area contributed by atoms with Crippen LogP contribution in [0, 0.1) is 0 Å². The molecule has 0 spiro atoms. The molecule has 19 heavy (non-hydrogen) atoms. The molecule has 0 heterocycles. The number of halogens is 1. The van der Waals surface area contributed by atoms with E-state index >= 15 is 0 Å². The van der Waals surface area contributed by atoms with Crippen molar-refractivity contribution >= 4 is 22.0 Å². The SMILES string of the molecule is CC(C)(C)OC(=O)N[C@@H]1CCc2ccc(Br)cc2C1. The van der Waals surface area contributed by atoms with Crippen molar-refractivity contribution in [2.24, 2.45) is 0 Å². The predicted octanol–water partition coefficient (Wildman–Crippen LogP) is 3.83. The zero-order chi connectivity index (χ0) is 14.0. The minimum atomic E-state index is -0.445. The van der Waals surface area contributed by atoms with Gasteiger partial charge in [-0.1, -0.05) is 22.0 Å². The second-order valence-corrected chi connectivity index (χ2v) is 6.91. The molecule has 0 saturated heterocycles. The van der Waals surface area contributed by atoms with Crippen LogP contribution in [0.15, 0.2) is 22.7 Å². The number of aryl methyl sites for hydroxylation is 1. The van der Waals surface area contributed by atoms with E-state index in [0.717, 1.165) is 23.7 Å². The summed E-state index contributed by atoms with van der Waals surface area (Å²) in [6.45, 7) is 5.62. The molecule has 1 aromatic rings. The van der Waals surface area contributed by atoms with Gasteiger partial charge < -0.3 is 10.1 Å². The number of alkyl carbamates (subject to hydrolysis) is 1. The highest BCUT2D eigenvalue weighted by Crippen LogP contribution is 2.25. The number of carbonyl (C=O) groups excluding carboxylic acids is 1. The van der Waals surface area contributed by atoms with Crippen LogP contribution in [-0.4, -0.2) is 17.7 Å². The summed E-state index contributed by atoms with van der Waals surface area (Å²) < 4.78 is 6.38. The van der Waals surface area contributed by atoms with Gasteiger partial charge in [-0.15, -0.1) is 0 Å². The minimum Gasteiger partial charge on any atom is -0.444 e. The summed E-state index contributed by atoms with van der Waals surface area (Å²) in [5.74, 6) is 0. The largest absolute Gasteiger partial charge is 0.444 e. The van der Waals surface area contributed by atoms with E-state index in [2.05, 4.69) is 39.4 Å². The maximum Gasteiger partial charge on any atom is 0.407 e. The highest BCUT2D eigenvalue weighted by Gasteiger charge is 2.23. The maximum absolute atomic E-state index is 11.8. The third-order valence-corrected chi connectivity index (χ3v) is 3.61. The zero-order valence-electron chi connectivity index (χ0n) is 11.6. The second kappa shape index (κ2) is 5.53. The molecule has 0 aliphatic heterocycles.